The Kier molecular flexibility index (Phi) is 8.64. The normalized spacial score (nSPS) is 14.2. The van der Waals surface area contributed by atoms with E-state index in [1.54, 1.807) is 0 Å². The first-order valence-corrected chi connectivity index (χ1v) is 10.3. The maximum absolute atomic E-state index is 13.4. The zero-order chi connectivity index (χ0) is 19.5. The van der Waals surface area contributed by atoms with Gasteiger partial charge in [-0.05, 0) is 31.2 Å². The fraction of sp³-hybridized carbons (Fsp3) is 0.458. The molecule has 2 aromatic carbocycles. The zero-order valence-corrected chi connectivity index (χ0v) is 17.0. The van der Waals surface area contributed by atoms with Crippen LogP contribution in [-0.4, -0.2) is 19.4 Å². The molecule has 1 unspecified atom stereocenters. The van der Waals surface area contributed by atoms with Gasteiger partial charge in [-0.25, -0.2) is 0 Å². The van der Waals surface area contributed by atoms with Crippen molar-refractivity contribution < 1.29 is 9.53 Å². The molecule has 27 heavy (non-hydrogen) atoms. The molecule has 0 saturated heterocycles. The van der Waals surface area contributed by atoms with Crippen LogP contribution >= 0.6 is 0 Å². The number of rotatable bonds is 11. The molecule has 0 N–H and O–H groups in total. The van der Waals surface area contributed by atoms with Gasteiger partial charge in [-0.1, -0.05) is 99.7 Å². The quantitative estimate of drug-likeness (QED) is 0.311. The molecule has 143 valence electrons. The standard InChI is InChI=1S/C24H32BO2/c1-4-7-10-19-22(5-2)27-23(26)24(6-3,20-15-11-8-12-16-20)25-21-17-13-9-14-18-21/h8-9,11-18,22H,4-7,10,19H2,1-3H3/t22?,24-/m0/s1. The Morgan fingerprint density at radius 2 is 1.59 bits per heavy atom. The van der Waals surface area contributed by atoms with E-state index in [4.69, 9.17) is 4.74 Å². The van der Waals surface area contributed by atoms with Gasteiger partial charge in [0.15, 0.2) is 7.28 Å². The van der Waals surface area contributed by atoms with Crippen molar-refractivity contribution in [3.8, 4) is 0 Å². The van der Waals surface area contributed by atoms with Crippen LogP contribution in [0.1, 0.15) is 64.9 Å². The number of ether oxygens (including phenoxy) is 1. The maximum atomic E-state index is 13.4. The summed E-state index contributed by atoms with van der Waals surface area (Å²) < 4.78 is 6.06. The van der Waals surface area contributed by atoms with Gasteiger partial charge in [-0.2, -0.15) is 0 Å². The number of benzene rings is 2. The lowest BCUT2D eigenvalue weighted by Crippen LogP contribution is -2.48. The minimum absolute atomic E-state index is 0.0112. The van der Waals surface area contributed by atoms with E-state index in [1.807, 2.05) is 60.7 Å². The van der Waals surface area contributed by atoms with Crippen molar-refractivity contribution in [2.75, 3.05) is 0 Å². The fourth-order valence-corrected chi connectivity index (χ4v) is 3.50. The van der Waals surface area contributed by atoms with E-state index < -0.39 is 5.31 Å². The highest BCUT2D eigenvalue weighted by Gasteiger charge is 2.41. The summed E-state index contributed by atoms with van der Waals surface area (Å²) in [6.45, 7) is 6.35. The summed E-state index contributed by atoms with van der Waals surface area (Å²) in [5, 5.41) is -0.763. The largest absolute Gasteiger partial charge is 0.462 e. The zero-order valence-electron chi connectivity index (χ0n) is 17.0. The molecule has 0 spiro atoms. The SMILES string of the molecule is CCCCCC(CC)OC(=O)[C@]([B]c1ccccc1)(CC)c1ccccc1. The second-order valence-electron chi connectivity index (χ2n) is 7.18. The number of hydrogen-bond acceptors (Lipinski definition) is 2. The maximum Gasteiger partial charge on any atom is 0.308 e. The van der Waals surface area contributed by atoms with E-state index in [2.05, 4.69) is 28.1 Å². The average molecular weight is 363 g/mol. The van der Waals surface area contributed by atoms with Gasteiger partial charge in [0, 0.05) is 0 Å². The minimum atomic E-state index is -0.763. The molecule has 3 heteroatoms. The summed E-state index contributed by atoms with van der Waals surface area (Å²) in [6.07, 6.45) is 5.91. The van der Waals surface area contributed by atoms with Gasteiger partial charge in [0.25, 0.3) is 0 Å². The third-order valence-corrected chi connectivity index (χ3v) is 5.28. The number of carbonyl (C=O) groups is 1. The van der Waals surface area contributed by atoms with Crippen LogP contribution < -0.4 is 5.46 Å². The number of esters is 1. The van der Waals surface area contributed by atoms with Gasteiger partial charge < -0.3 is 4.74 Å². The Bertz CT molecular complexity index is 671. The predicted octanol–water partition coefficient (Wildman–Crippen LogP) is 5.22. The molecule has 1 radical (unpaired) electrons. The summed E-state index contributed by atoms with van der Waals surface area (Å²) in [7, 11) is 2.07. The third-order valence-electron chi connectivity index (χ3n) is 5.28. The number of carbonyl (C=O) groups excluding carboxylic acids is 1. The van der Waals surface area contributed by atoms with Crippen LogP contribution in [0.4, 0.5) is 0 Å². The van der Waals surface area contributed by atoms with Gasteiger partial charge in [-0.15, -0.1) is 0 Å². The molecule has 0 aliphatic carbocycles. The molecule has 2 atom stereocenters. The minimum Gasteiger partial charge on any atom is -0.462 e. The van der Waals surface area contributed by atoms with Gasteiger partial charge in [0.2, 0.25) is 0 Å². The Morgan fingerprint density at radius 3 is 2.15 bits per heavy atom. The van der Waals surface area contributed by atoms with E-state index in [-0.39, 0.29) is 12.1 Å². The molecule has 0 amide bonds. The lowest BCUT2D eigenvalue weighted by Gasteiger charge is -2.32. The first-order valence-electron chi connectivity index (χ1n) is 10.3. The lowest BCUT2D eigenvalue weighted by atomic mass is 9.45. The molecule has 2 rings (SSSR count). The van der Waals surface area contributed by atoms with Crippen molar-refractivity contribution in [2.24, 2.45) is 0 Å². The molecule has 0 fully saturated rings. The molecule has 0 heterocycles. The second kappa shape index (κ2) is 11.0. The van der Waals surface area contributed by atoms with Crippen LogP contribution in [0.5, 0.6) is 0 Å². The molecule has 2 nitrogen and oxygen atoms in total. The average Bonchev–Trinajstić information content (AvgIpc) is 2.72. The topological polar surface area (TPSA) is 26.3 Å². The number of unbranched alkanes of at least 4 members (excludes halogenated alkanes) is 2. The van der Waals surface area contributed by atoms with Gasteiger partial charge in [-0.3, -0.25) is 4.79 Å². The Balaban J connectivity index is 2.29. The summed E-state index contributed by atoms with van der Waals surface area (Å²) >= 11 is 0. The Morgan fingerprint density at radius 1 is 0.963 bits per heavy atom. The molecule has 0 saturated carbocycles. The van der Waals surface area contributed by atoms with Crippen LogP contribution in [0.2, 0.25) is 0 Å². The highest BCUT2D eigenvalue weighted by molar-refractivity contribution is 6.61. The van der Waals surface area contributed by atoms with Crippen molar-refractivity contribution >= 4 is 18.7 Å². The molecule has 0 aliphatic rings. The summed E-state index contributed by atoms with van der Waals surface area (Å²) in [6, 6.07) is 20.1. The molecule has 2 aromatic rings. The van der Waals surface area contributed by atoms with Crippen molar-refractivity contribution in [3.05, 3.63) is 66.2 Å². The smallest absolute Gasteiger partial charge is 0.308 e. The van der Waals surface area contributed by atoms with Crippen molar-refractivity contribution in [1.29, 1.82) is 0 Å². The van der Waals surface area contributed by atoms with E-state index >= 15 is 0 Å². The van der Waals surface area contributed by atoms with E-state index in [1.165, 1.54) is 12.8 Å². The monoisotopic (exact) mass is 363 g/mol. The molecule has 0 aromatic heterocycles. The van der Waals surface area contributed by atoms with Crippen LogP contribution in [-0.2, 0) is 14.8 Å². The molecular formula is C24H32BO2. The van der Waals surface area contributed by atoms with Crippen LogP contribution in [0.25, 0.3) is 0 Å². The fourth-order valence-electron chi connectivity index (χ4n) is 3.50. The summed E-state index contributed by atoms with van der Waals surface area (Å²) in [5.41, 5.74) is 2.03. The lowest BCUT2D eigenvalue weighted by molar-refractivity contribution is -0.153. The van der Waals surface area contributed by atoms with E-state index in [0.29, 0.717) is 6.42 Å². The predicted molar refractivity (Wildman–Crippen MR) is 115 cm³/mol. The van der Waals surface area contributed by atoms with Crippen LogP contribution in [0, 0.1) is 0 Å². The highest BCUT2D eigenvalue weighted by atomic mass is 16.5. The van der Waals surface area contributed by atoms with Crippen LogP contribution in [0.15, 0.2) is 60.7 Å². The van der Waals surface area contributed by atoms with E-state index in [0.717, 1.165) is 30.3 Å². The number of hydrogen-bond donors (Lipinski definition) is 0. The second-order valence-corrected chi connectivity index (χ2v) is 7.18. The van der Waals surface area contributed by atoms with Gasteiger partial charge in [0.1, 0.15) is 6.10 Å². The van der Waals surface area contributed by atoms with E-state index in [9.17, 15) is 4.79 Å². The summed E-state index contributed by atoms with van der Waals surface area (Å²) in [4.78, 5) is 13.4. The highest BCUT2D eigenvalue weighted by Crippen LogP contribution is 2.30. The van der Waals surface area contributed by atoms with Crippen molar-refractivity contribution in [2.45, 2.75) is 70.7 Å². The molecule has 0 bridgehead atoms. The van der Waals surface area contributed by atoms with Gasteiger partial charge in [0.05, 0.1) is 5.31 Å². The molecule has 0 aliphatic heterocycles. The van der Waals surface area contributed by atoms with Crippen LogP contribution in [0.3, 0.4) is 0 Å². The third kappa shape index (κ3) is 5.72. The van der Waals surface area contributed by atoms with Crippen molar-refractivity contribution in [3.63, 3.8) is 0 Å². The first kappa shape index (κ1) is 21.3. The Hall–Kier alpha value is -2.03. The first-order chi connectivity index (χ1) is 13.2. The summed E-state index contributed by atoms with van der Waals surface area (Å²) in [5.74, 6) is -0.136. The van der Waals surface area contributed by atoms with Crippen molar-refractivity contribution in [1.82, 2.24) is 0 Å². The molecular weight excluding hydrogens is 331 g/mol. The Labute approximate surface area is 165 Å². The van der Waals surface area contributed by atoms with Gasteiger partial charge >= 0.3 is 5.97 Å².